The average molecular weight is 718 g/mol. The van der Waals surface area contributed by atoms with E-state index in [1.165, 1.54) is 33.0 Å². The summed E-state index contributed by atoms with van der Waals surface area (Å²) in [4.78, 5) is 2.42. The van der Waals surface area contributed by atoms with Crippen molar-refractivity contribution in [3.05, 3.63) is 187 Å². The molecule has 2 aromatic heterocycles. The molecule has 0 unspecified atom stereocenters. The van der Waals surface area contributed by atoms with Crippen LogP contribution >= 0.6 is 0 Å². The van der Waals surface area contributed by atoms with Crippen LogP contribution in [0.25, 0.3) is 87.7 Å². The first kappa shape index (κ1) is 31.3. The second-order valence-electron chi connectivity index (χ2n) is 15.6. The zero-order valence-electron chi connectivity index (χ0n) is 31.0. The minimum atomic E-state index is -0.125. The van der Waals surface area contributed by atoms with E-state index in [9.17, 15) is 0 Å². The van der Waals surface area contributed by atoms with E-state index < -0.39 is 0 Å². The summed E-state index contributed by atoms with van der Waals surface area (Å²) in [6.45, 7) is 4.69. The average Bonchev–Trinajstić information content (AvgIpc) is 3.90. The lowest BCUT2D eigenvalue weighted by molar-refractivity contribution is 0.660. The predicted molar refractivity (Wildman–Crippen MR) is 234 cm³/mol. The van der Waals surface area contributed by atoms with Crippen molar-refractivity contribution in [3.8, 4) is 22.3 Å². The van der Waals surface area contributed by atoms with Gasteiger partial charge in [0, 0.05) is 60.2 Å². The lowest BCUT2D eigenvalue weighted by Crippen LogP contribution is -2.16. The van der Waals surface area contributed by atoms with Gasteiger partial charge in [-0.15, -0.1) is 0 Å². The van der Waals surface area contributed by atoms with Crippen LogP contribution in [0.15, 0.2) is 185 Å². The van der Waals surface area contributed by atoms with Crippen LogP contribution in [0.2, 0.25) is 0 Å². The minimum Gasteiger partial charge on any atom is -0.455 e. The third kappa shape index (κ3) is 4.34. The fraction of sp³-hybridized carbons (Fsp3) is 0.0566. The lowest BCUT2D eigenvalue weighted by Gasteiger charge is -2.29. The largest absolute Gasteiger partial charge is 0.455 e. The Balaban J connectivity index is 1.06. The molecule has 56 heavy (non-hydrogen) atoms. The van der Waals surface area contributed by atoms with Crippen molar-refractivity contribution in [1.29, 1.82) is 0 Å². The van der Waals surface area contributed by atoms with Crippen molar-refractivity contribution in [2.75, 3.05) is 4.90 Å². The summed E-state index contributed by atoms with van der Waals surface area (Å²) < 4.78 is 13.3. The van der Waals surface area contributed by atoms with E-state index in [1.807, 2.05) is 0 Å². The normalized spacial score (nSPS) is 13.3. The Bertz CT molecular complexity index is 3400. The van der Waals surface area contributed by atoms with Gasteiger partial charge in [-0.25, -0.2) is 0 Å². The highest BCUT2D eigenvalue weighted by atomic mass is 16.3. The molecule has 0 fully saturated rings. The lowest BCUT2D eigenvalue weighted by atomic mass is 9.82. The van der Waals surface area contributed by atoms with Gasteiger partial charge >= 0.3 is 0 Å². The molecule has 0 saturated heterocycles. The van der Waals surface area contributed by atoms with E-state index in [0.29, 0.717) is 0 Å². The molecule has 1 aliphatic carbocycles. The van der Waals surface area contributed by atoms with Crippen LogP contribution in [0.4, 0.5) is 17.1 Å². The number of rotatable bonds is 4. The van der Waals surface area contributed by atoms with Crippen LogP contribution in [0.5, 0.6) is 0 Å². The van der Waals surface area contributed by atoms with E-state index in [-0.39, 0.29) is 5.41 Å². The summed E-state index contributed by atoms with van der Waals surface area (Å²) in [5.74, 6) is 0. The molecule has 3 nitrogen and oxygen atoms in total. The number of anilines is 3. The number of hydrogen-bond acceptors (Lipinski definition) is 3. The third-order valence-corrected chi connectivity index (χ3v) is 12.3. The summed E-state index contributed by atoms with van der Waals surface area (Å²) in [6, 6.07) is 63.5. The number of fused-ring (bicyclic) bond motifs is 13. The minimum absolute atomic E-state index is 0.125. The summed E-state index contributed by atoms with van der Waals surface area (Å²) in [5, 5.41) is 9.10. The van der Waals surface area contributed by atoms with Gasteiger partial charge in [0.1, 0.15) is 22.3 Å². The number of benzene rings is 9. The van der Waals surface area contributed by atoms with Gasteiger partial charge in [0.2, 0.25) is 0 Å². The zero-order valence-corrected chi connectivity index (χ0v) is 31.0. The number of nitrogens with zero attached hydrogens (tertiary/aromatic N) is 1. The topological polar surface area (TPSA) is 29.5 Å². The summed E-state index contributed by atoms with van der Waals surface area (Å²) in [7, 11) is 0. The van der Waals surface area contributed by atoms with Crippen LogP contribution in [-0.2, 0) is 5.41 Å². The molecule has 2 heterocycles. The molecular weight excluding hydrogens is 683 g/mol. The summed E-state index contributed by atoms with van der Waals surface area (Å²) in [6.07, 6.45) is 0. The Labute approximate surface area is 323 Å². The monoisotopic (exact) mass is 717 g/mol. The van der Waals surface area contributed by atoms with Gasteiger partial charge in [-0.05, 0) is 81.6 Å². The van der Waals surface area contributed by atoms with Crippen molar-refractivity contribution in [2.45, 2.75) is 19.3 Å². The Morgan fingerprint density at radius 2 is 1.00 bits per heavy atom. The van der Waals surface area contributed by atoms with Crippen LogP contribution in [-0.4, -0.2) is 0 Å². The van der Waals surface area contributed by atoms with Gasteiger partial charge in [-0.3, -0.25) is 0 Å². The van der Waals surface area contributed by atoms with Crippen molar-refractivity contribution >= 4 is 82.5 Å². The summed E-state index contributed by atoms with van der Waals surface area (Å²) in [5.41, 5.74) is 14.3. The van der Waals surface area contributed by atoms with Crippen molar-refractivity contribution in [2.24, 2.45) is 0 Å². The van der Waals surface area contributed by atoms with E-state index in [1.54, 1.807) is 0 Å². The van der Waals surface area contributed by atoms with Gasteiger partial charge < -0.3 is 13.7 Å². The fourth-order valence-corrected chi connectivity index (χ4v) is 9.52. The van der Waals surface area contributed by atoms with E-state index in [2.05, 4.69) is 195 Å². The van der Waals surface area contributed by atoms with Crippen molar-refractivity contribution in [1.82, 2.24) is 0 Å². The molecule has 0 amide bonds. The molecule has 0 N–H and O–H groups in total. The van der Waals surface area contributed by atoms with Gasteiger partial charge in [-0.2, -0.15) is 0 Å². The maximum Gasteiger partial charge on any atom is 0.143 e. The number of furan rings is 2. The third-order valence-electron chi connectivity index (χ3n) is 12.3. The zero-order chi connectivity index (χ0) is 37.1. The molecule has 0 aliphatic heterocycles. The van der Waals surface area contributed by atoms with E-state index >= 15 is 0 Å². The molecule has 9 aromatic carbocycles. The Morgan fingerprint density at radius 1 is 0.411 bits per heavy atom. The number of hydrogen-bond donors (Lipinski definition) is 0. The Hall–Kier alpha value is -7.10. The molecule has 0 bridgehead atoms. The van der Waals surface area contributed by atoms with Gasteiger partial charge in [-0.1, -0.05) is 141 Å². The molecule has 0 spiro atoms. The molecular formula is C53H35NO2. The molecule has 1 aliphatic rings. The first-order chi connectivity index (χ1) is 27.5. The Morgan fingerprint density at radius 3 is 1.79 bits per heavy atom. The van der Waals surface area contributed by atoms with Crippen LogP contribution in [0.1, 0.15) is 25.0 Å². The molecule has 0 radical (unpaired) electrons. The van der Waals surface area contributed by atoms with Crippen molar-refractivity contribution < 1.29 is 8.83 Å². The second kappa shape index (κ2) is 11.5. The van der Waals surface area contributed by atoms with E-state index in [4.69, 9.17) is 8.83 Å². The van der Waals surface area contributed by atoms with Gasteiger partial charge in [0.05, 0.1) is 5.69 Å². The maximum absolute atomic E-state index is 6.75. The molecule has 12 rings (SSSR count). The summed E-state index contributed by atoms with van der Waals surface area (Å²) >= 11 is 0. The molecule has 11 aromatic rings. The van der Waals surface area contributed by atoms with Crippen LogP contribution < -0.4 is 4.90 Å². The number of para-hydroxylation sites is 1. The first-order valence-electron chi connectivity index (χ1n) is 19.3. The Kier molecular flexibility index (Phi) is 6.40. The highest BCUT2D eigenvalue weighted by Gasteiger charge is 2.37. The maximum atomic E-state index is 6.75. The van der Waals surface area contributed by atoms with Crippen molar-refractivity contribution in [3.63, 3.8) is 0 Å². The molecule has 0 saturated carbocycles. The highest BCUT2D eigenvalue weighted by molar-refractivity contribution is 6.18. The molecule has 264 valence electrons. The standard InChI is InChI=1S/C53H35NO2/c1-53(2)45-18-8-7-15-43(45)49-46(53)19-10-20-47(49)54(36-27-30-48-44(31-36)42-29-24-32-11-3-5-13-37(32)50(42)55-48)35-25-21-34(22-26-35)39-16-9-17-40-41-28-23-33-12-4-6-14-38(33)52(41)56-51(39)40/h3-31H,1-2H3. The SMILES string of the molecule is CC1(C)c2ccccc2-c2c(N(c3ccc(-c4cccc5c4oc4c6ccccc6ccc54)cc3)c3ccc4oc5c6ccccc6ccc5c4c3)cccc21. The highest BCUT2D eigenvalue weighted by Crippen LogP contribution is 2.54. The van der Waals surface area contributed by atoms with E-state index in [0.717, 1.165) is 82.8 Å². The van der Waals surface area contributed by atoms with Crippen LogP contribution in [0.3, 0.4) is 0 Å². The van der Waals surface area contributed by atoms with Gasteiger partial charge in [0.15, 0.2) is 0 Å². The molecule has 3 heteroatoms. The quantitative estimate of drug-likeness (QED) is 0.182. The second-order valence-corrected chi connectivity index (χ2v) is 15.6. The first-order valence-corrected chi connectivity index (χ1v) is 19.3. The molecule has 0 atom stereocenters. The predicted octanol–water partition coefficient (Wildman–Crippen LogP) is 15.2. The van der Waals surface area contributed by atoms with Gasteiger partial charge in [0.25, 0.3) is 0 Å². The fourth-order valence-electron chi connectivity index (χ4n) is 9.52. The smallest absolute Gasteiger partial charge is 0.143 e. The van der Waals surface area contributed by atoms with Crippen LogP contribution in [0, 0.1) is 0 Å².